The molecule has 28 heteroatoms. The van der Waals surface area contributed by atoms with Crippen LogP contribution in [0.1, 0.15) is 193 Å². The van der Waals surface area contributed by atoms with E-state index in [9.17, 15) is 14.4 Å². The number of piperidine rings is 5. The number of nitrogens with zero attached hydrogens (tertiary/aromatic N) is 14. The van der Waals surface area contributed by atoms with Crippen molar-refractivity contribution in [2.75, 3.05) is 117 Å². The average molecular weight is 1700 g/mol. The Labute approximate surface area is 736 Å². The molecule has 20 rings (SSSR count). The van der Waals surface area contributed by atoms with E-state index in [0.29, 0.717) is 87.9 Å². The largest absolute Gasteiger partial charge is 0.382 e. The summed E-state index contributed by atoms with van der Waals surface area (Å²) in [4.78, 5) is 92.5. The monoisotopic (exact) mass is 1700 g/mol. The van der Waals surface area contributed by atoms with Gasteiger partial charge in [-0.3, -0.25) is 38.1 Å². The van der Waals surface area contributed by atoms with Crippen LogP contribution in [0.25, 0.3) is 66.6 Å². The summed E-state index contributed by atoms with van der Waals surface area (Å²) in [6.07, 6.45) is 28.2. The molecule has 2 saturated carbocycles. The van der Waals surface area contributed by atoms with Gasteiger partial charge in [0, 0.05) is 203 Å². The molecule has 11 N–H and O–H groups in total. The number of anilines is 9. The first-order valence-corrected chi connectivity index (χ1v) is 46.3. The molecule has 8 aliphatic rings. The zero-order chi connectivity index (χ0) is 86.2. The summed E-state index contributed by atoms with van der Waals surface area (Å²) in [7, 11) is 0. The number of hydrogen-bond donors (Lipinski definition) is 11. The fraction of sp³-hybridized carbons (Fsp3) is 0.459. The first kappa shape index (κ1) is 85.3. The number of pyridine rings is 5. The van der Waals surface area contributed by atoms with Crippen molar-refractivity contribution in [2.45, 2.75) is 199 Å². The van der Waals surface area contributed by atoms with Gasteiger partial charge in [0.25, 0.3) is 16.7 Å². The van der Waals surface area contributed by atoms with Gasteiger partial charge in [-0.1, -0.05) is 25.3 Å². The molecule has 0 radical (unpaired) electrons. The summed E-state index contributed by atoms with van der Waals surface area (Å²) >= 11 is 0. The van der Waals surface area contributed by atoms with Crippen LogP contribution in [0.5, 0.6) is 0 Å². The Balaban J connectivity index is 0.000000128. The van der Waals surface area contributed by atoms with Crippen LogP contribution in [-0.4, -0.2) is 161 Å². The summed E-state index contributed by atoms with van der Waals surface area (Å²) in [5.41, 5.74) is 18.6. The molecule has 28 nitrogen and oxygen atoms in total. The third kappa shape index (κ3) is 19.8. The summed E-state index contributed by atoms with van der Waals surface area (Å²) < 4.78 is 5.55. The molecule has 3 atom stereocenters. The van der Waals surface area contributed by atoms with E-state index in [0.717, 1.165) is 258 Å². The van der Waals surface area contributed by atoms with Crippen LogP contribution in [0.3, 0.4) is 0 Å². The molecule has 3 unspecified atom stereocenters. The number of aromatic nitrogens is 13. The summed E-state index contributed by atoms with van der Waals surface area (Å²) in [5.74, 6) is 3.53. The van der Waals surface area contributed by atoms with E-state index in [-0.39, 0.29) is 34.8 Å². The molecule has 126 heavy (non-hydrogen) atoms. The maximum atomic E-state index is 14.3. The Bertz CT molecular complexity index is 6030. The van der Waals surface area contributed by atoms with Gasteiger partial charge in [0.1, 0.15) is 22.8 Å². The highest BCUT2D eigenvalue weighted by atomic mass is 16.1. The molecule has 3 aromatic carbocycles. The zero-order valence-electron chi connectivity index (χ0n) is 73.7. The van der Waals surface area contributed by atoms with Crippen molar-refractivity contribution in [1.82, 2.24) is 95.4 Å². The van der Waals surface area contributed by atoms with Crippen molar-refractivity contribution < 1.29 is 0 Å². The van der Waals surface area contributed by atoms with Crippen LogP contribution in [0.15, 0.2) is 148 Å². The molecule has 0 amide bonds. The summed E-state index contributed by atoms with van der Waals surface area (Å²) in [6.45, 7) is 26.1. The van der Waals surface area contributed by atoms with E-state index in [2.05, 4.69) is 158 Å². The highest BCUT2D eigenvalue weighted by Crippen LogP contribution is 2.38. The first-order valence-electron chi connectivity index (χ1n) is 46.3. The van der Waals surface area contributed by atoms with Crippen LogP contribution in [-0.2, 0) is 6.54 Å². The minimum absolute atomic E-state index is 0.0105. The van der Waals surface area contributed by atoms with E-state index in [4.69, 9.17) is 29.9 Å². The topological polar surface area (TPSA) is 330 Å². The number of benzene rings is 3. The van der Waals surface area contributed by atoms with Gasteiger partial charge in [-0.2, -0.15) is 15.0 Å². The molecular formula is C98H121N25O3. The van der Waals surface area contributed by atoms with Gasteiger partial charge in [-0.05, 0) is 297 Å². The summed E-state index contributed by atoms with van der Waals surface area (Å²) in [5, 5.41) is 40.6. The molecule has 9 aromatic heterocycles. The van der Waals surface area contributed by atoms with Crippen molar-refractivity contribution in [3.05, 3.63) is 205 Å². The second kappa shape index (κ2) is 39.2. The number of aryl methyl sites for hydroxylation is 4. The van der Waals surface area contributed by atoms with Crippen molar-refractivity contribution in [1.29, 1.82) is 0 Å². The summed E-state index contributed by atoms with van der Waals surface area (Å²) in [6, 6.07) is 36.2. The minimum Gasteiger partial charge on any atom is -0.382 e. The smallest absolute Gasteiger partial charge is 0.261 e. The van der Waals surface area contributed by atoms with Crippen LogP contribution >= 0.6 is 0 Å². The molecule has 0 bridgehead atoms. The predicted molar refractivity (Wildman–Crippen MR) is 506 cm³/mol. The molecule has 0 spiro atoms. The van der Waals surface area contributed by atoms with Gasteiger partial charge in [0.15, 0.2) is 0 Å². The number of fused-ring (bicyclic) bond motifs is 3. The number of hydrogen-bond acceptors (Lipinski definition) is 25. The maximum absolute atomic E-state index is 14.3. The lowest BCUT2D eigenvalue weighted by molar-refractivity contribution is 0.405. The maximum Gasteiger partial charge on any atom is 0.261 e. The standard InChI is InChI=1S/C33H41N9O.C33H40N8O.C32H40N8O/c1-21-19-36-30(22-10-14-34-15-11-22)40-29(21)28-18-23-20-37-33(41-31(23)42(32(28)43)27-4-2-3-5-27)39-25-8-6-24(7-9-25)38-26-12-16-35-17-13-26;1-21-28(12-13-30(37-21)23-4-2-14-34-17-23)29-16-24-18-36-33(40-31(24)41(32(29)42)20-22-6-7-22)39-26-10-8-25(9-11-26)38-27-5-3-15-35-19-27;1-20(2)40-30-23(17-25(31(40)41)26-19-35-28(16-21(26)3)27-7-5-6-10-34-27)18-36-32(38-30)37-24-8-9-29(22(4)15-24)39-13-11-33-12-14-39/h6-9,18-20,22,26-27,34-35,38H,2-5,10-17H2,1H3,(H,37,39,41);8-13,16,18,22-23,27,34-35,38H,2-7,14-15,17,19-20H2,1H3,(H,36,39,40);8-9,15-20,27,33-34H,5-7,10-14H2,1-4H3,(H,36,37,38). The lowest BCUT2D eigenvalue weighted by atomic mass is 9.94. The Kier molecular flexibility index (Phi) is 26.5. The zero-order valence-corrected chi connectivity index (χ0v) is 73.7. The third-order valence-corrected chi connectivity index (χ3v) is 26.4. The van der Waals surface area contributed by atoms with E-state index >= 15 is 0 Å². The molecule has 6 saturated heterocycles. The van der Waals surface area contributed by atoms with Crippen LogP contribution < -0.4 is 80.1 Å². The van der Waals surface area contributed by atoms with E-state index < -0.39 is 0 Å². The first-order chi connectivity index (χ1) is 61.6. The van der Waals surface area contributed by atoms with Crippen LogP contribution in [0, 0.1) is 33.6 Å². The highest BCUT2D eigenvalue weighted by Gasteiger charge is 2.30. The van der Waals surface area contributed by atoms with Crippen molar-refractivity contribution in [3.63, 3.8) is 0 Å². The van der Waals surface area contributed by atoms with E-state index in [1.165, 1.54) is 43.4 Å². The Hall–Kier alpha value is -11.5. The molecule has 12 aromatic rings. The van der Waals surface area contributed by atoms with Gasteiger partial charge >= 0.3 is 0 Å². The number of nitrogens with one attached hydrogen (secondary N) is 11. The number of rotatable bonds is 21. The lowest BCUT2D eigenvalue weighted by Crippen LogP contribution is -2.43. The van der Waals surface area contributed by atoms with Gasteiger partial charge < -0.3 is 63.4 Å². The SMILES string of the molecule is Cc1cc(C2CCCCN2)ncc1-c1cc2cnc(Nc3ccc(N4CCNCC4)c(C)c3)nc2n(C(C)C)c1=O.Cc1cnc(C2CCNCC2)nc1-c1cc2cnc(Nc3ccc(NC4CCNCC4)cc3)nc2n(C2CCCC2)c1=O.Cc1nc(C2CCCNC2)ccc1-c1cc2cnc(Nc3ccc(NC4CCCNC4)cc3)nc2n(CC2CC2)c1=O. The van der Waals surface area contributed by atoms with E-state index in [1.54, 1.807) is 10.8 Å². The van der Waals surface area contributed by atoms with E-state index in [1.807, 2.05) is 104 Å². The second-order valence-electron chi connectivity index (χ2n) is 36.1. The Morgan fingerprint density at radius 3 is 1.63 bits per heavy atom. The lowest BCUT2D eigenvalue weighted by Gasteiger charge is -2.30. The van der Waals surface area contributed by atoms with Gasteiger partial charge in [-0.15, -0.1) is 0 Å². The number of piperazine rings is 1. The van der Waals surface area contributed by atoms with Gasteiger partial charge in [-0.25, -0.2) is 24.9 Å². The van der Waals surface area contributed by atoms with Gasteiger partial charge in [0.2, 0.25) is 17.8 Å². The van der Waals surface area contributed by atoms with Gasteiger partial charge in [0.05, 0.1) is 17.0 Å². The van der Waals surface area contributed by atoms with Crippen LogP contribution in [0.2, 0.25) is 0 Å². The van der Waals surface area contributed by atoms with Crippen molar-refractivity contribution in [3.8, 4) is 33.5 Å². The fourth-order valence-electron chi connectivity index (χ4n) is 19.3. The average Bonchev–Trinajstić information content (AvgIpc) is 0.993. The molecule has 8 fully saturated rings. The molecular weight excluding hydrogens is 1580 g/mol. The van der Waals surface area contributed by atoms with Crippen LogP contribution in [0.4, 0.5) is 52.0 Å². The molecule has 2 aliphatic carbocycles. The Morgan fingerprint density at radius 1 is 0.413 bits per heavy atom. The molecule has 15 heterocycles. The normalized spacial score (nSPS) is 19.1. The third-order valence-electron chi connectivity index (χ3n) is 26.4. The molecule has 656 valence electrons. The van der Waals surface area contributed by atoms with Crippen molar-refractivity contribution >= 4 is 85.1 Å². The Morgan fingerprint density at radius 2 is 1.01 bits per heavy atom. The highest BCUT2D eigenvalue weighted by molar-refractivity contribution is 5.85. The van der Waals surface area contributed by atoms with Crippen molar-refractivity contribution in [2.24, 2.45) is 5.92 Å². The second-order valence-corrected chi connectivity index (χ2v) is 36.1. The quantitative estimate of drug-likeness (QED) is 0.0318. The minimum atomic E-state index is -0.0766. The fourth-order valence-corrected chi connectivity index (χ4v) is 19.3. The molecule has 6 aliphatic heterocycles. The predicted octanol–water partition coefficient (Wildman–Crippen LogP) is 15.0.